The molecular weight excluding hydrogens is 349 g/mol. The molecule has 132 valence electrons. The van der Waals surface area contributed by atoms with Crippen LogP contribution < -0.4 is 0 Å². The Morgan fingerprint density at radius 2 is 1.81 bits per heavy atom. The van der Waals surface area contributed by atoms with Gasteiger partial charge in [-0.15, -0.1) is 10.2 Å². The summed E-state index contributed by atoms with van der Waals surface area (Å²) >= 11 is 1.32. The van der Waals surface area contributed by atoms with Crippen molar-refractivity contribution in [2.75, 3.05) is 5.75 Å². The highest BCUT2D eigenvalue weighted by atomic mass is 32.2. The molecular formula is C20H18FN3OS. The van der Waals surface area contributed by atoms with Crippen molar-refractivity contribution in [1.29, 1.82) is 0 Å². The number of rotatable bonds is 7. The van der Waals surface area contributed by atoms with Crippen LogP contribution in [0.5, 0.6) is 0 Å². The van der Waals surface area contributed by atoms with Crippen molar-refractivity contribution in [1.82, 2.24) is 14.8 Å². The van der Waals surface area contributed by atoms with Gasteiger partial charge in [-0.2, -0.15) is 0 Å². The molecule has 3 aromatic rings. The molecule has 0 N–H and O–H groups in total. The smallest absolute Gasteiger partial charge is 0.191 e. The van der Waals surface area contributed by atoms with Gasteiger partial charge in [0.2, 0.25) is 0 Å². The van der Waals surface area contributed by atoms with Crippen LogP contribution >= 0.6 is 11.8 Å². The summed E-state index contributed by atoms with van der Waals surface area (Å²) in [5.74, 6) is 0.855. The van der Waals surface area contributed by atoms with Crippen molar-refractivity contribution >= 4 is 17.5 Å². The zero-order chi connectivity index (χ0) is 17.9. The second-order valence-electron chi connectivity index (χ2n) is 6.38. The third-order valence-corrected chi connectivity index (χ3v) is 5.34. The first kappa shape index (κ1) is 17.0. The molecule has 1 aliphatic carbocycles. The summed E-state index contributed by atoms with van der Waals surface area (Å²) in [7, 11) is 0. The lowest BCUT2D eigenvalue weighted by molar-refractivity contribution is 0.101. The van der Waals surface area contributed by atoms with E-state index in [4.69, 9.17) is 0 Å². The van der Waals surface area contributed by atoms with E-state index >= 15 is 0 Å². The summed E-state index contributed by atoms with van der Waals surface area (Å²) in [6, 6.07) is 16.2. The second-order valence-corrected chi connectivity index (χ2v) is 7.32. The summed E-state index contributed by atoms with van der Waals surface area (Å²) in [5, 5.41) is 9.35. The van der Waals surface area contributed by atoms with Gasteiger partial charge in [-0.25, -0.2) is 4.39 Å². The first-order valence-corrected chi connectivity index (χ1v) is 9.58. The van der Waals surface area contributed by atoms with Gasteiger partial charge in [0, 0.05) is 5.92 Å². The first-order valence-electron chi connectivity index (χ1n) is 8.60. The maximum absolute atomic E-state index is 13.8. The molecule has 0 unspecified atom stereocenters. The molecule has 1 saturated carbocycles. The van der Waals surface area contributed by atoms with Crippen molar-refractivity contribution in [3.05, 3.63) is 77.4 Å². The standard InChI is InChI=1S/C20H18FN3OS/c21-17-9-5-4-8-16(17)18(25)13-26-20-23-22-19(15-10-11-15)24(20)12-14-6-2-1-3-7-14/h1-9,15H,10-13H2. The molecule has 0 saturated heterocycles. The number of halogens is 1. The molecule has 2 aromatic carbocycles. The highest BCUT2D eigenvalue weighted by Gasteiger charge is 2.30. The molecule has 6 heteroatoms. The van der Waals surface area contributed by atoms with Crippen LogP contribution in [0.4, 0.5) is 4.39 Å². The predicted molar refractivity (Wildman–Crippen MR) is 99.0 cm³/mol. The van der Waals surface area contributed by atoms with Crippen LogP contribution in [0.1, 0.15) is 40.5 Å². The van der Waals surface area contributed by atoms with Crippen molar-refractivity contribution < 1.29 is 9.18 Å². The zero-order valence-electron chi connectivity index (χ0n) is 14.1. The van der Waals surface area contributed by atoms with Gasteiger partial charge in [0.05, 0.1) is 17.9 Å². The average Bonchev–Trinajstić information content (AvgIpc) is 3.43. The fraction of sp³-hybridized carbons (Fsp3) is 0.250. The van der Waals surface area contributed by atoms with E-state index < -0.39 is 5.82 Å². The van der Waals surface area contributed by atoms with Crippen LogP contribution in [0, 0.1) is 5.82 Å². The molecule has 26 heavy (non-hydrogen) atoms. The molecule has 0 aliphatic heterocycles. The maximum Gasteiger partial charge on any atom is 0.191 e. The number of hydrogen-bond acceptors (Lipinski definition) is 4. The lowest BCUT2D eigenvalue weighted by atomic mass is 10.1. The number of carbonyl (C=O) groups is 1. The maximum atomic E-state index is 13.8. The average molecular weight is 367 g/mol. The highest BCUT2D eigenvalue weighted by Crippen LogP contribution is 2.40. The van der Waals surface area contributed by atoms with E-state index in [1.807, 2.05) is 18.2 Å². The molecule has 0 amide bonds. The molecule has 1 aliphatic rings. The normalized spacial score (nSPS) is 13.7. The molecule has 0 radical (unpaired) electrons. The van der Waals surface area contributed by atoms with E-state index in [1.54, 1.807) is 12.1 Å². The Kier molecular flexibility index (Phi) is 4.84. The molecule has 1 aromatic heterocycles. The van der Waals surface area contributed by atoms with Crippen molar-refractivity contribution in [3.63, 3.8) is 0 Å². The minimum Gasteiger partial charge on any atom is -0.301 e. The van der Waals surface area contributed by atoms with Crippen LogP contribution in [0.25, 0.3) is 0 Å². The first-order chi connectivity index (χ1) is 12.7. The van der Waals surface area contributed by atoms with Gasteiger partial charge in [0.25, 0.3) is 0 Å². The largest absolute Gasteiger partial charge is 0.301 e. The van der Waals surface area contributed by atoms with Gasteiger partial charge in [-0.1, -0.05) is 54.2 Å². The van der Waals surface area contributed by atoms with Crippen LogP contribution in [0.3, 0.4) is 0 Å². The Labute approximate surface area is 155 Å². The SMILES string of the molecule is O=C(CSc1nnc(C2CC2)n1Cc1ccccc1)c1ccccc1F. The summed E-state index contributed by atoms with van der Waals surface area (Å²) in [5.41, 5.74) is 1.29. The lowest BCUT2D eigenvalue weighted by Crippen LogP contribution is -2.09. The third-order valence-electron chi connectivity index (χ3n) is 4.38. The number of aromatic nitrogens is 3. The minimum atomic E-state index is -0.484. The second kappa shape index (κ2) is 7.41. The fourth-order valence-corrected chi connectivity index (χ4v) is 3.69. The van der Waals surface area contributed by atoms with Gasteiger partial charge in [0.1, 0.15) is 11.6 Å². The van der Waals surface area contributed by atoms with Crippen molar-refractivity contribution in [2.24, 2.45) is 0 Å². The van der Waals surface area contributed by atoms with Gasteiger partial charge in [-0.3, -0.25) is 4.79 Å². The molecule has 0 spiro atoms. The molecule has 4 rings (SSSR count). The van der Waals surface area contributed by atoms with Gasteiger partial charge < -0.3 is 4.57 Å². The number of hydrogen-bond donors (Lipinski definition) is 0. The van der Waals surface area contributed by atoms with E-state index in [1.165, 1.54) is 23.9 Å². The monoisotopic (exact) mass is 367 g/mol. The topological polar surface area (TPSA) is 47.8 Å². The summed E-state index contributed by atoms with van der Waals surface area (Å²) < 4.78 is 15.9. The number of ketones is 1. The van der Waals surface area contributed by atoms with Crippen LogP contribution in [0.15, 0.2) is 59.8 Å². The van der Waals surface area contributed by atoms with E-state index in [0.29, 0.717) is 17.6 Å². The summed E-state index contributed by atoms with van der Waals surface area (Å²) in [6.07, 6.45) is 2.26. The molecule has 4 nitrogen and oxygen atoms in total. The quantitative estimate of drug-likeness (QED) is 0.461. The van der Waals surface area contributed by atoms with Crippen molar-refractivity contribution in [2.45, 2.75) is 30.5 Å². The number of thioether (sulfide) groups is 1. The van der Waals surface area contributed by atoms with E-state index in [0.717, 1.165) is 24.2 Å². The van der Waals surface area contributed by atoms with Crippen molar-refractivity contribution in [3.8, 4) is 0 Å². The van der Waals surface area contributed by atoms with E-state index in [-0.39, 0.29) is 17.1 Å². The molecule has 0 bridgehead atoms. The predicted octanol–water partition coefficient (Wildman–Crippen LogP) is 4.32. The fourth-order valence-electron chi connectivity index (χ4n) is 2.86. The van der Waals surface area contributed by atoms with Crippen LogP contribution in [-0.2, 0) is 6.54 Å². The lowest BCUT2D eigenvalue weighted by Gasteiger charge is -2.10. The number of nitrogens with zero attached hydrogens (tertiary/aromatic N) is 3. The van der Waals surface area contributed by atoms with Crippen LogP contribution in [0.2, 0.25) is 0 Å². The van der Waals surface area contributed by atoms with E-state index in [9.17, 15) is 9.18 Å². The molecule has 0 atom stereocenters. The number of benzene rings is 2. The number of Topliss-reactive ketones (excluding diaryl/α,β-unsaturated/α-hetero) is 1. The minimum absolute atomic E-state index is 0.122. The molecule has 1 heterocycles. The summed E-state index contributed by atoms with van der Waals surface area (Å²) in [6.45, 7) is 0.676. The zero-order valence-corrected chi connectivity index (χ0v) is 15.0. The Bertz CT molecular complexity index is 922. The van der Waals surface area contributed by atoms with Gasteiger partial charge in [0.15, 0.2) is 10.9 Å². The Morgan fingerprint density at radius 3 is 2.54 bits per heavy atom. The highest BCUT2D eigenvalue weighted by molar-refractivity contribution is 7.99. The van der Waals surface area contributed by atoms with Gasteiger partial charge in [-0.05, 0) is 30.5 Å². The van der Waals surface area contributed by atoms with Gasteiger partial charge >= 0.3 is 0 Å². The number of carbonyl (C=O) groups excluding carboxylic acids is 1. The Balaban J connectivity index is 1.53. The Morgan fingerprint density at radius 1 is 1.08 bits per heavy atom. The molecule has 1 fully saturated rings. The Hall–Kier alpha value is -2.47. The third kappa shape index (κ3) is 3.70. The summed E-state index contributed by atoms with van der Waals surface area (Å²) in [4.78, 5) is 12.3. The van der Waals surface area contributed by atoms with E-state index in [2.05, 4.69) is 26.9 Å². The van der Waals surface area contributed by atoms with Crippen LogP contribution in [-0.4, -0.2) is 26.3 Å².